The summed E-state index contributed by atoms with van der Waals surface area (Å²) in [5, 5.41) is 6.54. The quantitative estimate of drug-likeness (QED) is 0.841. The van der Waals surface area contributed by atoms with Gasteiger partial charge >= 0.3 is 0 Å². The highest BCUT2D eigenvalue weighted by Crippen LogP contribution is 2.28. The molecule has 1 amide bonds. The zero-order chi connectivity index (χ0) is 12.3. The number of allylic oxidation sites excluding steroid dienone is 2. The van der Waals surface area contributed by atoms with Crippen molar-refractivity contribution in [1.29, 1.82) is 0 Å². The smallest absolute Gasteiger partial charge is 0.219 e. The third-order valence-corrected chi connectivity index (χ3v) is 2.79. The van der Waals surface area contributed by atoms with E-state index in [2.05, 4.69) is 16.7 Å². The number of nitrogens with one attached hydrogen (secondary N) is 2. The molecule has 0 aromatic heterocycles. The van der Waals surface area contributed by atoms with E-state index in [1.54, 1.807) is 24.4 Å². The normalized spacial score (nSPS) is 22.0. The number of benzene rings is 1. The maximum Gasteiger partial charge on any atom is 0.219 e. The van der Waals surface area contributed by atoms with Crippen molar-refractivity contribution in [2.24, 2.45) is 0 Å². The van der Waals surface area contributed by atoms with E-state index in [1.165, 1.54) is 6.92 Å². The van der Waals surface area contributed by atoms with Crippen LogP contribution in [0.5, 0.6) is 0 Å². The van der Waals surface area contributed by atoms with Crippen LogP contribution in [0.3, 0.4) is 0 Å². The lowest BCUT2D eigenvalue weighted by Gasteiger charge is -2.34. The Kier molecular flexibility index (Phi) is 3.20. The summed E-state index contributed by atoms with van der Waals surface area (Å²) in [6, 6.07) is 7.37. The fraction of sp³-hybridized carbons (Fsp3) is 0.154. The van der Waals surface area contributed by atoms with Crippen LogP contribution in [-0.4, -0.2) is 5.91 Å². The maximum atomic E-state index is 11.3. The summed E-state index contributed by atoms with van der Waals surface area (Å²) < 4.78 is 0. The standard InChI is InChI=1S/C13H12ClN2O/c1-10(17)16-13(8-4-5-9-15-13)11-6-2-3-7-12(11)14/h2-3,5-9,15H,1H3,(H,16,17). The molecule has 0 spiro atoms. The van der Waals surface area contributed by atoms with E-state index in [4.69, 9.17) is 11.6 Å². The van der Waals surface area contributed by atoms with Crippen molar-refractivity contribution in [1.82, 2.24) is 10.6 Å². The fourth-order valence-corrected chi connectivity index (χ4v) is 2.07. The molecule has 0 bridgehead atoms. The third kappa shape index (κ3) is 2.34. The van der Waals surface area contributed by atoms with Crippen LogP contribution in [0.2, 0.25) is 5.02 Å². The fourth-order valence-electron chi connectivity index (χ4n) is 1.79. The van der Waals surface area contributed by atoms with Crippen molar-refractivity contribution in [3.8, 4) is 0 Å². The molecule has 2 N–H and O–H groups in total. The second kappa shape index (κ2) is 4.63. The lowest BCUT2D eigenvalue weighted by Crippen LogP contribution is -2.53. The highest BCUT2D eigenvalue weighted by Gasteiger charge is 2.31. The Balaban J connectivity index is 2.47. The molecule has 1 aromatic rings. The van der Waals surface area contributed by atoms with E-state index in [-0.39, 0.29) is 5.91 Å². The average molecular weight is 248 g/mol. The molecule has 1 aliphatic rings. The van der Waals surface area contributed by atoms with Gasteiger partial charge in [0.1, 0.15) is 0 Å². The Morgan fingerprint density at radius 3 is 2.82 bits per heavy atom. The predicted molar refractivity (Wildman–Crippen MR) is 67.0 cm³/mol. The van der Waals surface area contributed by atoms with E-state index >= 15 is 0 Å². The minimum absolute atomic E-state index is 0.147. The Morgan fingerprint density at radius 1 is 1.47 bits per heavy atom. The van der Waals surface area contributed by atoms with Gasteiger partial charge in [0.25, 0.3) is 0 Å². The summed E-state index contributed by atoms with van der Waals surface area (Å²) in [5.74, 6) is -0.147. The van der Waals surface area contributed by atoms with Gasteiger partial charge in [0.2, 0.25) is 5.91 Å². The zero-order valence-electron chi connectivity index (χ0n) is 9.33. The van der Waals surface area contributed by atoms with Crippen molar-refractivity contribution in [3.63, 3.8) is 0 Å². The first-order chi connectivity index (χ1) is 8.14. The van der Waals surface area contributed by atoms with Gasteiger partial charge in [0.05, 0.1) is 0 Å². The van der Waals surface area contributed by atoms with Crippen molar-refractivity contribution >= 4 is 17.5 Å². The molecular formula is C13H12ClN2O. The van der Waals surface area contributed by atoms with Crippen LogP contribution in [0.1, 0.15) is 12.5 Å². The minimum atomic E-state index is -0.821. The highest BCUT2D eigenvalue weighted by atomic mass is 35.5. The molecular weight excluding hydrogens is 236 g/mol. The molecule has 1 unspecified atom stereocenters. The molecule has 1 aliphatic heterocycles. The molecule has 1 atom stereocenters. The molecule has 0 aliphatic carbocycles. The second-order valence-corrected chi connectivity index (χ2v) is 4.16. The van der Waals surface area contributed by atoms with Crippen molar-refractivity contribution in [2.45, 2.75) is 12.6 Å². The summed E-state index contributed by atoms with van der Waals surface area (Å²) in [7, 11) is 0. The Morgan fingerprint density at radius 2 is 2.24 bits per heavy atom. The van der Waals surface area contributed by atoms with Crippen LogP contribution in [0, 0.1) is 6.08 Å². The minimum Gasteiger partial charge on any atom is -0.362 e. The molecule has 0 saturated heterocycles. The lowest BCUT2D eigenvalue weighted by atomic mass is 9.97. The van der Waals surface area contributed by atoms with Gasteiger partial charge in [-0.1, -0.05) is 29.8 Å². The van der Waals surface area contributed by atoms with Crippen LogP contribution >= 0.6 is 11.6 Å². The lowest BCUT2D eigenvalue weighted by molar-refractivity contribution is -0.120. The SMILES string of the molecule is CC(=O)NC1(c2ccccc2Cl)C=[C]C=CN1. The number of carbonyl (C=O) groups excluding carboxylic acids is 1. The summed E-state index contributed by atoms with van der Waals surface area (Å²) >= 11 is 6.17. The monoisotopic (exact) mass is 247 g/mol. The molecule has 1 heterocycles. The molecule has 1 aromatic carbocycles. The third-order valence-electron chi connectivity index (χ3n) is 2.46. The van der Waals surface area contributed by atoms with Gasteiger partial charge in [-0.05, 0) is 30.5 Å². The number of carbonyl (C=O) groups is 1. The van der Waals surface area contributed by atoms with Gasteiger partial charge in [-0.15, -0.1) is 0 Å². The number of hydrogen-bond donors (Lipinski definition) is 2. The first-order valence-corrected chi connectivity index (χ1v) is 5.59. The Hall–Kier alpha value is -1.74. The van der Waals surface area contributed by atoms with Crippen molar-refractivity contribution in [3.05, 3.63) is 59.3 Å². The predicted octanol–water partition coefficient (Wildman–Crippen LogP) is 2.11. The van der Waals surface area contributed by atoms with Crippen molar-refractivity contribution < 1.29 is 4.79 Å². The number of amides is 1. The molecule has 3 nitrogen and oxygen atoms in total. The van der Waals surface area contributed by atoms with E-state index in [1.807, 2.05) is 18.2 Å². The Labute approximate surface area is 105 Å². The van der Waals surface area contributed by atoms with Gasteiger partial charge in [0.15, 0.2) is 5.66 Å². The number of halogens is 1. The van der Waals surface area contributed by atoms with Gasteiger partial charge in [-0.2, -0.15) is 0 Å². The molecule has 4 heteroatoms. The largest absolute Gasteiger partial charge is 0.362 e. The van der Waals surface area contributed by atoms with Gasteiger partial charge in [0, 0.05) is 17.5 Å². The first-order valence-electron chi connectivity index (χ1n) is 5.21. The van der Waals surface area contributed by atoms with Crippen LogP contribution in [-0.2, 0) is 10.5 Å². The van der Waals surface area contributed by atoms with E-state index < -0.39 is 5.66 Å². The highest BCUT2D eigenvalue weighted by molar-refractivity contribution is 6.31. The number of rotatable bonds is 2. The topological polar surface area (TPSA) is 41.1 Å². The number of hydrogen-bond acceptors (Lipinski definition) is 2. The summed E-state index contributed by atoms with van der Waals surface area (Å²) in [6.45, 7) is 1.46. The molecule has 87 valence electrons. The maximum absolute atomic E-state index is 11.3. The van der Waals surface area contributed by atoms with Crippen LogP contribution in [0.4, 0.5) is 0 Å². The number of dihydropyridines is 1. The molecule has 17 heavy (non-hydrogen) atoms. The van der Waals surface area contributed by atoms with Crippen LogP contribution in [0.25, 0.3) is 0 Å². The Bertz CT molecular complexity index is 496. The summed E-state index contributed by atoms with van der Waals surface area (Å²) in [5.41, 5.74) is -0.0347. The van der Waals surface area contributed by atoms with Gasteiger partial charge in [-0.25, -0.2) is 0 Å². The summed E-state index contributed by atoms with van der Waals surface area (Å²) in [4.78, 5) is 11.3. The summed E-state index contributed by atoms with van der Waals surface area (Å²) in [6.07, 6.45) is 8.17. The van der Waals surface area contributed by atoms with Crippen molar-refractivity contribution in [2.75, 3.05) is 0 Å². The van der Waals surface area contributed by atoms with Crippen LogP contribution in [0.15, 0.2) is 42.6 Å². The van der Waals surface area contributed by atoms with E-state index in [9.17, 15) is 4.79 Å². The average Bonchev–Trinajstić information content (AvgIpc) is 2.29. The molecule has 2 rings (SSSR count). The first kappa shape index (κ1) is 11.7. The zero-order valence-corrected chi connectivity index (χ0v) is 10.1. The van der Waals surface area contributed by atoms with Gasteiger partial charge in [-0.3, -0.25) is 4.79 Å². The van der Waals surface area contributed by atoms with Gasteiger partial charge < -0.3 is 10.6 Å². The molecule has 0 saturated carbocycles. The van der Waals surface area contributed by atoms with E-state index in [0.717, 1.165) is 5.56 Å². The second-order valence-electron chi connectivity index (χ2n) is 3.76. The molecule has 1 radical (unpaired) electrons. The van der Waals surface area contributed by atoms with Crippen LogP contribution < -0.4 is 10.6 Å². The van der Waals surface area contributed by atoms with E-state index in [0.29, 0.717) is 5.02 Å². The molecule has 0 fully saturated rings.